The van der Waals surface area contributed by atoms with Crippen molar-refractivity contribution < 1.29 is 29.9 Å². The first-order chi connectivity index (χ1) is 12.2. The molecule has 0 unspecified atom stereocenters. The van der Waals surface area contributed by atoms with Crippen molar-refractivity contribution in [3.63, 3.8) is 0 Å². The van der Waals surface area contributed by atoms with Crippen molar-refractivity contribution in [3.8, 4) is 0 Å². The quantitative estimate of drug-likeness (QED) is 0.186. The van der Waals surface area contributed by atoms with Crippen molar-refractivity contribution in [2.24, 2.45) is 0 Å². The molecule has 0 aliphatic carbocycles. The summed E-state index contributed by atoms with van der Waals surface area (Å²) in [6.07, 6.45) is 18.0. The number of hydrogen-bond donors (Lipinski definition) is 2. The topological polar surface area (TPSA) is 93.1 Å². The van der Waals surface area contributed by atoms with Gasteiger partial charge >= 0.3 is 11.9 Å². The first-order valence-electron chi connectivity index (χ1n) is 9.89. The van der Waals surface area contributed by atoms with Crippen molar-refractivity contribution >= 4 is 11.9 Å². The molecule has 0 radical (unpaired) electrons. The number of hydrogen-bond acceptors (Lipinski definition) is 6. The van der Waals surface area contributed by atoms with Gasteiger partial charge in [0.2, 0.25) is 0 Å². The highest BCUT2D eigenvalue weighted by Gasteiger charge is 2.01. The van der Waals surface area contributed by atoms with Crippen LogP contribution in [0.4, 0.5) is 0 Å². The molecule has 0 heterocycles. The van der Waals surface area contributed by atoms with Crippen molar-refractivity contribution in [3.05, 3.63) is 0 Å². The second-order valence-corrected chi connectivity index (χ2v) is 6.73. The lowest BCUT2D eigenvalue weighted by Gasteiger charge is -2.03. The summed E-state index contributed by atoms with van der Waals surface area (Å²) in [5.41, 5.74) is 0. The first kappa shape index (κ1) is 23.9. The Bertz CT molecular complexity index is 289. The van der Waals surface area contributed by atoms with E-state index in [2.05, 4.69) is 9.78 Å². The molecule has 0 aliphatic heterocycles. The Balaban J connectivity index is 3.05. The van der Waals surface area contributed by atoms with Gasteiger partial charge in [0.1, 0.15) is 0 Å². The minimum Gasteiger partial charge on any atom is -0.301 e. The lowest BCUT2D eigenvalue weighted by Crippen LogP contribution is -1.99. The van der Waals surface area contributed by atoms with Crippen LogP contribution >= 0.6 is 0 Å². The molecule has 0 atom stereocenters. The zero-order valence-electron chi connectivity index (χ0n) is 15.5. The van der Waals surface area contributed by atoms with E-state index in [1.165, 1.54) is 57.8 Å². The Kier molecular flexibility index (Phi) is 18.3. The van der Waals surface area contributed by atoms with Crippen LogP contribution in [-0.4, -0.2) is 22.5 Å². The van der Waals surface area contributed by atoms with E-state index in [0.29, 0.717) is 12.8 Å². The fourth-order valence-electron chi connectivity index (χ4n) is 2.93. The van der Waals surface area contributed by atoms with Gasteiger partial charge in [0.05, 0.1) is 0 Å². The Morgan fingerprint density at radius 1 is 0.440 bits per heavy atom. The summed E-state index contributed by atoms with van der Waals surface area (Å²) in [6, 6.07) is 0. The molecule has 6 nitrogen and oxygen atoms in total. The smallest absolute Gasteiger partial charge is 0.301 e. The molecule has 0 rings (SSSR count). The minimum absolute atomic E-state index is 0.311. The van der Waals surface area contributed by atoms with E-state index < -0.39 is 11.9 Å². The van der Waals surface area contributed by atoms with E-state index in [9.17, 15) is 9.59 Å². The zero-order chi connectivity index (χ0) is 18.6. The summed E-state index contributed by atoms with van der Waals surface area (Å²) in [5, 5.41) is 16.2. The normalized spacial score (nSPS) is 10.6. The number of carbonyl (C=O) groups is 2. The van der Waals surface area contributed by atoms with E-state index in [0.717, 1.165) is 38.5 Å². The summed E-state index contributed by atoms with van der Waals surface area (Å²) in [7, 11) is 0. The Labute approximate surface area is 151 Å². The Hall–Kier alpha value is -1.14. The van der Waals surface area contributed by atoms with Gasteiger partial charge < -0.3 is 9.78 Å². The molecule has 0 saturated carbocycles. The maximum Gasteiger partial charge on any atom is 0.342 e. The SMILES string of the molecule is O=C(CCCCCCCCCCCCCCCCCC(=O)OO)OO. The molecule has 6 heteroatoms. The van der Waals surface area contributed by atoms with Crippen LogP contribution in [0.25, 0.3) is 0 Å². The standard InChI is InChI=1S/C19H36O6/c20-18(24-22)16-14-12-10-8-6-4-2-1-3-5-7-9-11-13-15-17-19(21)25-23/h22-23H,1-17H2. The minimum atomic E-state index is -0.536. The van der Waals surface area contributed by atoms with E-state index in [1.54, 1.807) is 0 Å². The molecule has 0 amide bonds. The first-order valence-corrected chi connectivity index (χ1v) is 9.89. The number of unbranched alkanes of at least 4 members (excludes halogenated alkanes) is 14. The zero-order valence-corrected chi connectivity index (χ0v) is 15.5. The van der Waals surface area contributed by atoms with Gasteiger partial charge in [-0.3, -0.25) is 0 Å². The molecule has 25 heavy (non-hydrogen) atoms. The van der Waals surface area contributed by atoms with Crippen LogP contribution in [0.1, 0.15) is 109 Å². The molecule has 0 fully saturated rings. The summed E-state index contributed by atoms with van der Waals surface area (Å²) >= 11 is 0. The Morgan fingerprint density at radius 2 is 0.640 bits per heavy atom. The Morgan fingerprint density at radius 3 is 0.840 bits per heavy atom. The predicted molar refractivity (Wildman–Crippen MR) is 95.9 cm³/mol. The molecular formula is C19H36O6. The number of carbonyl (C=O) groups excluding carboxylic acids is 2. The fourth-order valence-corrected chi connectivity index (χ4v) is 2.93. The lowest BCUT2D eigenvalue weighted by atomic mass is 10.0. The van der Waals surface area contributed by atoms with E-state index in [1.807, 2.05) is 0 Å². The molecule has 0 spiro atoms. The largest absolute Gasteiger partial charge is 0.342 e. The third kappa shape index (κ3) is 19.0. The van der Waals surface area contributed by atoms with Crippen molar-refractivity contribution in [2.75, 3.05) is 0 Å². The predicted octanol–water partition coefficient (Wildman–Crippen LogP) is 5.65. The van der Waals surface area contributed by atoms with Gasteiger partial charge in [-0.15, -0.1) is 0 Å². The van der Waals surface area contributed by atoms with Gasteiger partial charge in [0.25, 0.3) is 0 Å². The van der Waals surface area contributed by atoms with Crippen LogP contribution in [-0.2, 0) is 19.4 Å². The van der Waals surface area contributed by atoms with Gasteiger partial charge in [0.15, 0.2) is 0 Å². The molecule has 0 bridgehead atoms. The summed E-state index contributed by atoms with van der Waals surface area (Å²) < 4.78 is 0. The van der Waals surface area contributed by atoms with E-state index in [4.69, 9.17) is 10.5 Å². The van der Waals surface area contributed by atoms with Crippen LogP contribution in [0.15, 0.2) is 0 Å². The van der Waals surface area contributed by atoms with Crippen LogP contribution in [0.5, 0.6) is 0 Å². The molecule has 0 aromatic rings. The van der Waals surface area contributed by atoms with Crippen LogP contribution in [0.2, 0.25) is 0 Å². The van der Waals surface area contributed by atoms with Gasteiger partial charge in [-0.1, -0.05) is 83.5 Å². The molecular weight excluding hydrogens is 324 g/mol. The monoisotopic (exact) mass is 360 g/mol. The van der Waals surface area contributed by atoms with Crippen LogP contribution < -0.4 is 0 Å². The molecule has 0 aliphatic rings. The third-order valence-electron chi connectivity index (χ3n) is 4.47. The van der Waals surface area contributed by atoms with Crippen molar-refractivity contribution in [2.45, 2.75) is 109 Å². The molecule has 0 saturated heterocycles. The van der Waals surface area contributed by atoms with Gasteiger partial charge in [0, 0.05) is 12.8 Å². The highest BCUT2D eigenvalue weighted by molar-refractivity contribution is 5.68. The molecule has 0 aromatic carbocycles. The molecule has 148 valence electrons. The second-order valence-electron chi connectivity index (χ2n) is 6.73. The summed E-state index contributed by atoms with van der Waals surface area (Å²) in [5.74, 6) is -1.07. The second kappa shape index (κ2) is 19.2. The van der Waals surface area contributed by atoms with Crippen LogP contribution in [0, 0.1) is 0 Å². The van der Waals surface area contributed by atoms with Gasteiger partial charge in [-0.25, -0.2) is 9.59 Å². The summed E-state index contributed by atoms with van der Waals surface area (Å²) in [6.45, 7) is 0. The fraction of sp³-hybridized carbons (Fsp3) is 0.895. The summed E-state index contributed by atoms with van der Waals surface area (Å²) in [4.78, 5) is 28.6. The lowest BCUT2D eigenvalue weighted by molar-refractivity contribution is -0.234. The highest BCUT2D eigenvalue weighted by atomic mass is 17.1. The van der Waals surface area contributed by atoms with E-state index in [-0.39, 0.29) is 0 Å². The maximum absolute atomic E-state index is 10.7. The van der Waals surface area contributed by atoms with Crippen LogP contribution in [0.3, 0.4) is 0 Å². The maximum atomic E-state index is 10.7. The van der Waals surface area contributed by atoms with Gasteiger partial charge in [-0.2, -0.15) is 10.5 Å². The average molecular weight is 360 g/mol. The third-order valence-corrected chi connectivity index (χ3v) is 4.47. The van der Waals surface area contributed by atoms with Gasteiger partial charge in [-0.05, 0) is 12.8 Å². The average Bonchev–Trinajstić information content (AvgIpc) is 2.63. The number of rotatable bonds is 18. The van der Waals surface area contributed by atoms with E-state index >= 15 is 0 Å². The van der Waals surface area contributed by atoms with Crippen molar-refractivity contribution in [1.82, 2.24) is 0 Å². The highest BCUT2D eigenvalue weighted by Crippen LogP contribution is 2.14. The molecule has 2 N–H and O–H groups in total. The molecule has 0 aromatic heterocycles. The van der Waals surface area contributed by atoms with Crippen molar-refractivity contribution in [1.29, 1.82) is 0 Å².